The fraction of sp³-hybridized carbons (Fsp3) is 0.571. The van der Waals surface area contributed by atoms with Crippen LogP contribution in [0.5, 0.6) is 0 Å². The van der Waals surface area contributed by atoms with Crippen molar-refractivity contribution in [2.75, 3.05) is 26.3 Å². The summed E-state index contributed by atoms with van der Waals surface area (Å²) < 4.78 is 19.0. The molecule has 1 fully saturated rings. The third-order valence-corrected chi connectivity index (χ3v) is 3.28. The summed E-state index contributed by atoms with van der Waals surface area (Å²) in [6.45, 7) is 4.81. The molecule has 1 atom stereocenters. The zero-order valence-electron chi connectivity index (χ0n) is 11.1. The quantitative estimate of drug-likeness (QED) is 0.767. The van der Waals surface area contributed by atoms with Crippen molar-refractivity contribution in [1.82, 2.24) is 9.88 Å². The molecule has 0 N–H and O–H groups in total. The fourth-order valence-corrected chi connectivity index (χ4v) is 2.27. The lowest BCUT2D eigenvalue weighted by molar-refractivity contribution is 0.0750. The van der Waals surface area contributed by atoms with Gasteiger partial charge in [0.15, 0.2) is 5.82 Å². The zero-order chi connectivity index (χ0) is 13.7. The largest absolute Gasteiger partial charge is 0.381 e. The lowest BCUT2D eigenvalue weighted by Crippen LogP contribution is -2.30. The average molecular weight is 266 g/mol. The predicted molar refractivity (Wildman–Crippen MR) is 69.3 cm³/mol. The monoisotopic (exact) mass is 266 g/mol. The smallest absolute Gasteiger partial charge is 0.256 e. The van der Waals surface area contributed by atoms with E-state index in [2.05, 4.69) is 11.9 Å². The molecule has 0 spiro atoms. The molecule has 1 aromatic heterocycles. The van der Waals surface area contributed by atoms with Gasteiger partial charge in [-0.2, -0.15) is 0 Å². The summed E-state index contributed by atoms with van der Waals surface area (Å²) in [5.41, 5.74) is 0.102. The Balaban J connectivity index is 1.90. The van der Waals surface area contributed by atoms with Crippen LogP contribution in [-0.4, -0.2) is 42.1 Å². The number of likely N-dealkylation sites (tertiary alicyclic amines) is 1. The predicted octanol–water partition coefficient (Wildman–Crippen LogP) is 2.11. The summed E-state index contributed by atoms with van der Waals surface area (Å²) in [6, 6.07) is 1.43. The van der Waals surface area contributed by atoms with Gasteiger partial charge < -0.3 is 9.64 Å². The van der Waals surface area contributed by atoms with E-state index in [-0.39, 0.29) is 11.5 Å². The molecule has 1 aliphatic rings. The van der Waals surface area contributed by atoms with Crippen molar-refractivity contribution in [3.63, 3.8) is 0 Å². The number of halogens is 1. The molecule has 1 aliphatic heterocycles. The van der Waals surface area contributed by atoms with Crippen molar-refractivity contribution in [1.29, 1.82) is 0 Å². The normalized spacial score (nSPS) is 18.8. The molecule has 0 radical (unpaired) electrons. The lowest BCUT2D eigenvalue weighted by Gasteiger charge is -2.16. The molecular formula is C14H19FN2O2. The van der Waals surface area contributed by atoms with E-state index in [0.717, 1.165) is 25.6 Å². The van der Waals surface area contributed by atoms with E-state index < -0.39 is 5.82 Å². The van der Waals surface area contributed by atoms with Crippen LogP contribution < -0.4 is 0 Å². The number of pyridine rings is 1. The second-order valence-corrected chi connectivity index (χ2v) is 4.84. The highest BCUT2D eigenvalue weighted by molar-refractivity contribution is 5.94. The van der Waals surface area contributed by atoms with E-state index in [1.165, 1.54) is 12.3 Å². The van der Waals surface area contributed by atoms with Crippen LogP contribution in [-0.2, 0) is 4.74 Å². The maximum Gasteiger partial charge on any atom is 0.256 e. The first kappa shape index (κ1) is 13.9. The highest BCUT2D eigenvalue weighted by Crippen LogP contribution is 2.19. The molecule has 1 amide bonds. The molecule has 4 nitrogen and oxygen atoms in total. The van der Waals surface area contributed by atoms with Gasteiger partial charge in [0.2, 0.25) is 0 Å². The molecule has 2 rings (SSSR count). The Morgan fingerprint density at radius 2 is 2.47 bits per heavy atom. The van der Waals surface area contributed by atoms with Crippen LogP contribution in [0.1, 0.15) is 30.1 Å². The van der Waals surface area contributed by atoms with Crippen LogP contribution in [0.3, 0.4) is 0 Å². The minimum absolute atomic E-state index is 0.102. The number of hydrogen-bond donors (Lipinski definition) is 0. The van der Waals surface area contributed by atoms with Gasteiger partial charge in [-0.05, 0) is 18.9 Å². The number of carbonyl (C=O) groups excluding carboxylic acids is 1. The Kier molecular flexibility index (Phi) is 4.85. The molecule has 2 heterocycles. The highest BCUT2D eigenvalue weighted by atomic mass is 19.1. The minimum atomic E-state index is -0.557. The standard InChI is InChI=1S/C14H19FN2O2/c1-2-7-19-10-11-4-6-17(9-11)14(18)12-3-5-16-8-13(12)15/h3,5,8,11H,2,4,6-7,9-10H2,1H3. The molecule has 0 aromatic carbocycles. The topological polar surface area (TPSA) is 42.4 Å². The van der Waals surface area contributed by atoms with E-state index in [1.807, 2.05) is 0 Å². The maximum absolute atomic E-state index is 13.5. The molecule has 1 saturated heterocycles. The Bertz CT molecular complexity index is 439. The number of nitrogens with zero attached hydrogens (tertiary/aromatic N) is 2. The number of ether oxygens (including phenoxy) is 1. The molecule has 1 unspecified atom stereocenters. The SMILES string of the molecule is CCCOCC1CCN(C(=O)c2ccncc2F)C1. The van der Waals surface area contributed by atoms with Gasteiger partial charge in [0.1, 0.15) is 0 Å². The van der Waals surface area contributed by atoms with Gasteiger partial charge in [-0.15, -0.1) is 0 Å². The van der Waals surface area contributed by atoms with E-state index >= 15 is 0 Å². The summed E-state index contributed by atoms with van der Waals surface area (Å²) in [5.74, 6) is -0.448. The van der Waals surface area contributed by atoms with E-state index in [0.29, 0.717) is 25.6 Å². The Morgan fingerprint density at radius 1 is 1.63 bits per heavy atom. The lowest BCUT2D eigenvalue weighted by atomic mass is 10.1. The Labute approximate surface area is 112 Å². The van der Waals surface area contributed by atoms with Crippen molar-refractivity contribution in [2.24, 2.45) is 5.92 Å². The first-order chi connectivity index (χ1) is 9.22. The summed E-state index contributed by atoms with van der Waals surface area (Å²) in [6.07, 6.45) is 4.43. The van der Waals surface area contributed by atoms with Gasteiger partial charge >= 0.3 is 0 Å². The first-order valence-corrected chi connectivity index (χ1v) is 6.69. The third-order valence-electron chi connectivity index (χ3n) is 3.28. The van der Waals surface area contributed by atoms with Gasteiger partial charge in [0.05, 0.1) is 18.4 Å². The van der Waals surface area contributed by atoms with E-state index in [1.54, 1.807) is 4.90 Å². The maximum atomic E-state index is 13.5. The van der Waals surface area contributed by atoms with Crippen molar-refractivity contribution >= 4 is 5.91 Å². The second-order valence-electron chi connectivity index (χ2n) is 4.84. The summed E-state index contributed by atoms with van der Waals surface area (Å²) in [5, 5.41) is 0. The molecule has 1 aromatic rings. The molecule has 104 valence electrons. The number of amides is 1. The summed E-state index contributed by atoms with van der Waals surface area (Å²) in [4.78, 5) is 17.5. The number of hydrogen-bond acceptors (Lipinski definition) is 3. The van der Waals surface area contributed by atoms with E-state index in [4.69, 9.17) is 4.74 Å². The van der Waals surface area contributed by atoms with Crippen molar-refractivity contribution in [3.8, 4) is 0 Å². The Morgan fingerprint density at radius 3 is 3.21 bits per heavy atom. The summed E-state index contributed by atoms with van der Waals surface area (Å²) >= 11 is 0. The van der Waals surface area contributed by atoms with Gasteiger partial charge in [0.25, 0.3) is 5.91 Å². The highest BCUT2D eigenvalue weighted by Gasteiger charge is 2.28. The van der Waals surface area contributed by atoms with E-state index in [9.17, 15) is 9.18 Å². The minimum Gasteiger partial charge on any atom is -0.381 e. The fourth-order valence-electron chi connectivity index (χ4n) is 2.27. The van der Waals surface area contributed by atoms with Crippen LogP contribution in [0, 0.1) is 11.7 Å². The summed E-state index contributed by atoms with van der Waals surface area (Å²) in [7, 11) is 0. The second kappa shape index (κ2) is 6.61. The van der Waals surface area contributed by atoms with Crippen LogP contribution in [0.4, 0.5) is 4.39 Å². The zero-order valence-corrected chi connectivity index (χ0v) is 11.1. The van der Waals surface area contributed by atoms with Crippen LogP contribution in [0.25, 0.3) is 0 Å². The molecule has 0 bridgehead atoms. The average Bonchev–Trinajstić information content (AvgIpc) is 2.88. The number of carbonyl (C=O) groups is 1. The molecule has 19 heavy (non-hydrogen) atoms. The van der Waals surface area contributed by atoms with Gasteiger partial charge in [-0.3, -0.25) is 9.78 Å². The molecule has 0 saturated carbocycles. The molecular weight excluding hydrogens is 247 g/mol. The number of aromatic nitrogens is 1. The van der Waals surface area contributed by atoms with Crippen LogP contribution in [0.2, 0.25) is 0 Å². The van der Waals surface area contributed by atoms with Gasteiger partial charge in [-0.1, -0.05) is 6.92 Å². The third kappa shape index (κ3) is 3.50. The van der Waals surface area contributed by atoms with Gasteiger partial charge in [0, 0.05) is 31.8 Å². The van der Waals surface area contributed by atoms with Crippen LogP contribution in [0.15, 0.2) is 18.5 Å². The Hall–Kier alpha value is -1.49. The molecule has 0 aliphatic carbocycles. The van der Waals surface area contributed by atoms with Crippen molar-refractivity contribution in [2.45, 2.75) is 19.8 Å². The van der Waals surface area contributed by atoms with Crippen molar-refractivity contribution in [3.05, 3.63) is 29.8 Å². The van der Waals surface area contributed by atoms with Gasteiger partial charge in [-0.25, -0.2) is 4.39 Å². The molecule has 5 heteroatoms. The first-order valence-electron chi connectivity index (χ1n) is 6.69. The van der Waals surface area contributed by atoms with Crippen molar-refractivity contribution < 1.29 is 13.9 Å². The number of rotatable bonds is 5. The van der Waals surface area contributed by atoms with Crippen LogP contribution >= 0.6 is 0 Å².